The Kier molecular flexibility index (Phi) is 8.88. The third-order valence-electron chi connectivity index (χ3n) is 6.82. The number of benzene rings is 2. The van der Waals surface area contributed by atoms with Crippen LogP contribution in [0.1, 0.15) is 37.0 Å². The Labute approximate surface area is 247 Å². The van der Waals surface area contributed by atoms with Gasteiger partial charge < -0.3 is 18.9 Å². The topological polar surface area (TPSA) is 73.7 Å². The highest BCUT2D eigenvalue weighted by molar-refractivity contribution is 7.99. The number of thioether (sulfide) groups is 1. The fourth-order valence-electron chi connectivity index (χ4n) is 4.97. The minimum atomic E-state index is -0.661. The number of fused-ring (bicyclic) bond motifs is 1. The van der Waals surface area contributed by atoms with E-state index in [1.54, 1.807) is 49.3 Å². The fourth-order valence-corrected chi connectivity index (χ4v) is 6.08. The molecule has 1 aliphatic heterocycles. The number of esters is 1. The number of carbonyl (C=O) groups excluding carboxylic acids is 1. The Hall–Kier alpha value is -3.20. The van der Waals surface area contributed by atoms with Gasteiger partial charge in [-0.15, -0.1) is 11.8 Å². The van der Waals surface area contributed by atoms with E-state index in [0.717, 1.165) is 41.4 Å². The van der Waals surface area contributed by atoms with Crippen LogP contribution in [-0.2, 0) is 4.74 Å². The molecule has 0 bridgehead atoms. The van der Waals surface area contributed by atoms with E-state index in [9.17, 15) is 9.59 Å². The number of nitrogens with zero attached hydrogens (tertiary/aromatic N) is 3. The lowest BCUT2D eigenvalue weighted by Gasteiger charge is -2.28. The summed E-state index contributed by atoms with van der Waals surface area (Å²) in [6.45, 7) is 5.15. The first-order valence-electron chi connectivity index (χ1n) is 13.2. The molecule has 3 heterocycles. The third-order valence-corrected chi connectivity index (χ3v) is 8.30. The average Bonchev–Trinajstić information content (AvgIpc) is 3.42. The number of hydrogen-bond acceptors (Lipinski definition) is 7. The summed E-state index contributed by atoms with van der Waals surface area (Å²) in [7, 11) is 0. The number of halogens is 2. The van der Waals surface area contributed by atoms with Gasteiger partial charge in [-0.1, -0.05) is 30.1 Å². The van der Waals surface area contributed by atoms with E-state index in [0.29, 0.717) is 33.4 Å². The number of aromatic nitrogens is 2. The predicted octanol–water partition coefficient (Wildman–Crippen LogP) is 7.03. The molecule has 1 aliphatic rings. The maximum absolute atomic E-state index is 13.5. The van der Waals surface area contributed by atoms with E-state index in [1.807, 2.05) is 34.9 Å². The lowest BCUT2D eigenvalue weighted by atomic mass is 10.1. The van der Waals surface area contributed by atoms with Crippen LogP contribution in [0.5, 0.6) is 5.88 Å². The largest absolute Gasteiger partial charge is 0.474 e. The van der Waals surface area contributed by atoms with Crippen molar-refractivity contribution in [2.75, 3.05) is 30.4 Å². The summed E-state index contributed by atoms with van der Waals surface area (Å²) in [4.78, 5) is 33.8. The monoisotopic (exact) mass is 597 g/mol. The number of carbonyl (C=O) groups is 1. The first kappa shape index (κ1) is 28.3. The Bertz CT molecular complexity index is 1590. The van der Waals surface area contributed by atoms with Crippen molar-refractivity contribution >= 4 is 57.5 Å². The Morgan fingerprint density at radius 2 is 1.93 bits per heavy atom. The summed E-state index contributed by atoms with van der Waals surface area (Å²) >= 11 is 14.8. The number of rotatable bonds is 9. The van der Waals surface area contributed by atoms with E-state index in [-0.39, 0.29) is 18.2 Å². The van der Waals surface area contributed by atoms with Gasteiger partial charge in [0.1, 0.15) is 17.2 Å². The second-order valence-corrected chi connectivity index (χ2v) is 11.5. The number of hydrogen-bond donors (Lipinski definition) is 0. The minimum absolute atomic E-state index is 0.0372. The minimum Gasteiger partial charge on any atom is -0.474 e. The highest BCUT2D eigenvalue weighted by Crippen LogP contribution is 2.36. The Morgan fingerprint density at radius 1 is 1.12 bits per heavy atom. The van der Waals surface area contributed by atoms with E-state index in [1.165, 1.54) is 0 Å². The molecule has 0 N–H and O–H groups in total. The van der Waals surface area contributed by atoms with Crippen molar-refractivity contribution in [2.45, 2.75) is 37.6 Å². The zero-order valence-electron chi connectivity index (χ0n) is 22.2. The van der Waals surface area contributed by atoms with E-state index in [2.05, 4.69) is 16.8 Å². The third kappa shape index (κ3) is 5.80. The first-order valence-corrected chi connectivity index (χ1v) is 14.9. The normalized spacial score (nSPS) is 15.0. The SMILES string of the molecule is CCOC(=O)c1cn(-c2ccc(SCC)cc2)c2cc(N3CCCC3COc3ncccc3Cl)c(Cl)cc2c1=O. The predicted molar refractivity (Wildman–Crippen MR) is 162 cm³/mol. The molecule has 2 aromatic heterocycles. The standard InChI is InChI=1S/C30H29Cl2N3O4S/c1-3-38-30(37)23-17-35(19-9-11-21(12-10-19)40-4-2)26-16-27(25(32)15-22(26)28(23)36)34-14-6-7-20(34)18-39-29-24(31)8-5-13-33-29/h5,8-13,15-17,20H,3-4,6-7,14,18H2,1-2H3. The smallest absolute Gasteiger partial charge is 0.343 e. The maximum atomic E-state index is 13.5. The lowest BCUT2D eigenvalue weighted by Crippen LogP contribution is -2.34. The molecule has 7 nitrogen and oxygen atoms in total. The van der Waals surface area contributed by atoms with Crippen molar-refractivity contribution in [3.8, 4) is 11.6 Å². The second kappa shape index (κ2) is 12.5. The molecule has 0 amide bonds. The molecule has 10 heteroatoms. The lowest BCUT2D eigenvalue weighted by molar-refractivity contribution is 0.0524. The average molecular weight is 599 g/mol. The van der Waals surface area contributed by atoms with Gasteiger partial charge in [0, 0.05) is 34.9 Å². The molecule has 0 radical (unpaired) electrons. The first-order chi connectivity index (χ1) is 19.4. The summed E-state index contributed by atoms with van der Waals surface area (Å²) in [5, 5.41) is 1.23. The molecule has 5 rings (SSSR count). The van der Waals surface area contributed by atoms with Crippen molar-refractivity contribution in [1.82, 2.24) is 9.55 Å². The van der Waals surface area contributed by atoms with Crippen LogP contribution in [0.15, 0.2) is 70.6 Å². The van der Waals surface area contributed by atoms with E-state index in [4.69, 9.17) is 32.7 Å². The van der Waals surface area contributed by atoms with Crippen LogP contribution >= 0.6 is 35.0 Å². The number of anilines is 1. The van der Waals surface area contributed by atoms with Crippen molar-refractivity contribution < 1.29 is 14.3 Å². The molecular formula is C30H29Cl2N3O4S. The van der Waals surface area contributed by atoms with E-state index < -0.39 is 11.4 Å². The van der Waals surface area contributed by atoms with Gasteiger partial charge in [-0.2, -0.15) is 0 Å². The van der Waals surface area contributed by atoms with Gasteiger partial charge in [0.25, 0.3) is 0 Å². The highest BCUT2D eigenvalue weighted by Gasteiger charge is 2.29. The van der Waals surface area contributed by atoms with Crippen molar-refractivity contribution in [2.24, 2.45) is 0 Å². The van der Waals surface area contributed by atoms with Gasteiger partial charge in [0.2, 0.25) is 11.3 Å². The van der Waals surface area contributed by atoms with Gasteiger partial charge in [-0.3, -0.25) is 4.79 Å². The summed E-state index contributed by atoms with van der Waals surface area (Å²) in [5.74, 6) is 0.694. The number of ether oxygens (including phenoxy) is 2. The summed E-state index contributed by atoms with van der Waals surface area (Å²) in [5.41, 5.74) is 1.80. The summed E-state index contributed by atoms with van der Waals surface area (Å²) in [6, 6.07) is 15.1. The molecule has 1 atom stereocenters. The van der Waals surface area contributed by atoms with Gasteiger partial charge in [-0.05, 0) is 74.0 Å². The molecule has 0 saturated carbocycles. The summed E-state index contributed by atoms with van der Waals surface area (Å²) < 4.78 is 13.0. The van der Waals surface area contributed by atoms with Gasteiger partial charge in [-0.25, -0.2) is 9.78 Å². The van der Waals surface area contributed by atoms with Crippen LogP contribution in [0.3, 0.4) is 0 Å². The van der Waals surface area contributed by atoms with Crippen LogP contribution in [0.2, 0.25) is 10.0 Å². The molecule has 208 valence electrons. The van der Waals surface area contributed by atoms with Crippen molar-refractivity contribution in [3.05, 3.63) is 86.8 Å². The molecular weight excluding hydrogens is 569 g/mol. The molecule has 1 unspecified atom stereocenters. The Morgan fingerprint density at radius 3 is 2.65 bits per heavy atom. The van der Waals surface area contributed by atoms with E-state index >= 15 is 0 Å². The van der Waals surface area contributed by atoms with Crippen molar-refractivity contribution in [3.63, 3.8) is 0 Å². The molecule has 40 heavy (non-hydrogen) atoms. The van der Waals surface area contributed by atoms with Crippen LogP contribution < -0.4 is 15.1 Å². The van der Waals surface area contributed by atoms with Gasteiger partial charge >= 0.3 is 5.97 Å². The second-order valence-electron chi connectivity index (χ2n) is 9.30. The van der Waals surface area contributed by atoms with Crippen LogP contribution in [0, 0.1) is 0 Å². The maximum Gasteiger partial charge on any atom is 0.343 e. The van der Waals surface area contributed by atoms with Crippen molar-refractivity contribution in [1.29, 1.82) is 0 Å². The zero-order valence-corrected chi connectivity index (χ0v) is 24.6. The van der Waals surface area contributed by atoms with Gasteiger partial charge in [0.05, 0.1) is 28.9 Å². The summed E-state index contributed by atoms with van der Waals surface area (Å²) in [6.07, 6.45) is 5.08. The number of pyridine rings is 2. The highest BCUT2D eigenvalue weighted by atomic mass is 35.5. The van der Waals surface area contributed by atoms with Gasteiger partial charge in [0.15, 0.2) is 0 Å². The molecule has 0 spiro atoms. The molecule has 2 aromatic carbocycles. The Balaban J connectivity index is 1.59. The van der Waals surface area contributed by atoms with Crippen LogP contribution in [0.25, 0.3) is 16.6 Å². The molecule has 0 aliphatic carbocycles. The molecule has 1 fully saturated rings. The molecule has 1 saturated heterocycles. The van der Waals surface area contributed by atoms with Crippen LogP contribution in [-0.4, -0.2) is 47.1 Å². The fraction of sp³-hybridized carbons (Fsp3) is 0.300. The molecule has 4 aromatic rings. The quantitative estimate of drug-likeness (QED) is 0.151. The van der Waals surface area contributed by atoms with Crippen LogP contribution in [0.4, 0.5) is 5.69 Å². The zero-order chi connectivity index (χ0) is 28.2.